The maximum atomic E-state index is 13.2. The Morgan fingerprint density at radius 2 is 1.53 bits per heavy atom. The molecule has 0 aliphatic carbocycles. The van der Waals surface area contributed by atoms with E-state index in [1.807, 2.05) is 12.1 Å². The average Bonchev–Trinajstić information content (AvgIpc) is 3.37. The molecule has 3 aromatic carbocycles. The van der Waals surface area contributed by atoms with Crippen molar-refractivity contribution in [3.8, 4) is 5.75 Å². The molecule has 2 aliphatic heterocycles. The van der Waals surface area contributed by atoms with E-state index in [1.165, 1.54) is 18.2 Å². The van der Waals surface area contributed by atoms with E-state index in [0.29, 0.717) is 34.8 Å². The van der Waals surface area contributed by atoms with Crippen LogP contribution in [0.4, 0.5) is 11.4 Å². The third kappa shape index (κ3) is 9.60. The molecule has 1 saturated heterocycles. The number of ether oxygens (including phenoxy) is 1. The van der Waals surface area contributed by atoms with Crippen molar-refractivity contribution in [1.29, 1.82) is 0 Å². The lowest BCUT2D eigenvalue weighted by molar-refractivity contribution is -0.136. The van der Waals surface area contributed by atoms with Gasteiger partial charge in [-0.15, -0.1) is 12.6 Å². The molecule has 7 amide bonds. The zero-order valence-corrected chi connectivity index (χ0v) is 28.8. The Morgan fingerprint density at radius 1 is 0.804 bits per heavy atom. The summed E-state index contributed by atoms with van der Waals surface area (Å²) in [6.45, 7) is 0.0877. The van der Waals surface area contributed by atoms with E-state index >= 15 is 0 Å². The molecule has 0 bridgehead atoms. The molecule has 1 atom stereocenters. The van der Waals surface area contributed by atoms with Crippen LogP contribution in [0.3, 0.4) is 0 Å². The lowest BCUT2D eigenvalue weighted by Crippen LogP contribution is -2.54. The number of nitrogens with zero attached hydrogens (tertiary/aromatic N) is 1. The first-order chi connectivity index (χ1) is 24.6. The number of carbonyl (C=O) groups is 7. The number of para-hydroxylation sites is 1. The Bertz CT molecular complexity index is 1830. The number of unbranched alkanes of at least 4 members (excludes halogenated alkanes) is 5. The van der Waals surface area contributed by atoms with Gasteiger partial charge < -0.3 is 20.7 Å². The van der Waals surface area contributed by atoms with Crippen LogP contribution in [0.2, 0.25) is 0 Å². The number of hydrogen-bond donors (Lipinski definition) is 5. The van der Waals surface area contributed by atoms with Crippen LogP contribution >= 0.6 is 12.6 Å². The minimum absolute atomic E-state index is 0.00955. The number of fused-ring (bicyclic) bond motifs is 1. The first kappa shape index (κ1) is 36.8. The topological polar surface area (TPSA) is 180 Å². The van der Waals surface area contributed by atoms with Gasteiger partial charge in [0.1, 0.15) is 11.8 Å². The largest absolute Gasteiger partial charge is 0.483 e. The van der Waals surface area contributed by atoms with Crippen molar-refractivity contribution in [1.82, 2.24) is 15.5 Å². The van der Waals surface area contributed by atoms with E-state index < -0.39 is 29.7 Å². The van der Waals surface area contributed by atoms with Crippen molar-refractivity contribution in [3.05, 3.63) is 83.4 Å². The highest BCUT2D eigenvalue weighted by atomic mass is 32.1. The van der Waals surface area contributed by atoms with E-state index in [2.05, 4.69) is 33.9 Å². The second-order valence-electron chi connectivity index (χ2n) is 12.2. The number of hydrogen-bond acceptors (Lipinski definition) is 9. The van der Waals surface area contributed by atoms with Gasteiger partial charge in [-0.3, -0.25) is 43.8 Å². The highest BCUT2D eigenvalue weighted by molar-refractivity contribution is 7.80. The van der Waals surface area contributed by atoms with Crippen molar-refractivity contribution in [2.75, 3.05) is 23.8 Å². The molecule has 4 N–H and O–H groups in total. The molecule has 13 nitrogen and oxygen atoms in total. The molecule has 1 unspecified atom stereocenters. The molecule has 3 aromatic rings. The van der Waals surface area contributed by atoms with E-state index in [-0.39, 0.29) is 54.0 Å². The van der Waals surface area contributed by atoms with Gasteiger partial charge in [0.2, 0.25) is 17.7 Å². The molecule has 0 radical (unpaired) electrons. The SMILES string of the molecule is O=C(COc1cccc2c1C(=O)N(C1CCC(=O)NC1=O)C2=O)NCCCCCCCCC(=O)Nc1ccc(C(=O)Nc2ccccc2S)cc1. The number of thiol groups is 1. The van der Waals surface area contributed by atoms with Crippen molar-refractivity contribution in [2.24, 2.45) is 0 Å². The Labute approximate surface area is 300 Å². The molecule has 1 fully saturated rings. The van der Waals surface area contributed by atoms with Gasteiger partial charge in [0.15, 0.2) is 6.61 Å². The van der Waals surface area contributed by atoms with Gasteiger partial charge >= 0.3 is 0 Å². The summed E-state index contributed by atoms with van der Waals surface area (Å²) in [5.74, 6) is -3.18. The van der Waals surface area contributed by atoms with Crippen molar-refractivity contribution < 1.29 is 38.3 Å². The Balaban J connectivity index is 0.922. The van der Waals surface area contributed by atoms with Crippen LogP contribution in [0.1, 0.15) is 88.9 Å². The molecule has 2 heterocycles. The lowest BCUT2D eigenvalue weighted by atomic mass is 10.0. The van der Waals surface area contributed by atoms with Crippen molar-refractivity contribution in [2.45, 2.75) is 68.7 Å². The Hall–Kier alpha value is -5.50. The summed E-state index contributed by atoms with van der Waals surface area (Å²) in [7, 11) is 0. The minimum Gasteiger partial charge on any atom is -0.483 e. The van der Waals surface area contributed by atoms with Crippen LogP contribution in [0.15, 0.2) is 71.6 Å². The zero-order valence-electron chi connectivity index (χ0n) is 27.9. The van der Waals surface area contributed by atoms with Gasteiger partial charge in [-0.2, -0.15) is 0 Å². The van der Waals surface area contributed by atoms with Gasteiger partial charge in [0.05, 0.1) is 16.8 Å². The molecular weight excluding hydrogens is 675 g/mol. The van der Waals surface area contributed by atoms with Gasteiger partial charge in [0.25, 0.3) is 23.6 Å². The van der Waals surface area contributed by atoms with Crippen LogP contribution in [-0.2, 0) is 19.2 Å². The first-order valence-electron chi connectivity index (χ1n) is 16.9. The van der Waals surface area contributed by atoms with Crippen LogP contribution in [-0.4, -0.2) is 65.4 Å². The third-order valence-electron chi connectivity index (χ3n) is 8.52. The lowest BCUT2D eigenvalue weighted by Gasteiger charge is -2.27. The predicted molar refractivity (Wildman–Crippen MR) is 191 cm³/mol. The number of amides is 7. The predicted octanol–water partition coefficient (Wildman–Crippen LogP) is 4.49. The number of nitrogens with one attached hydrogen (secondary N) is 4. The van der Waals surface area contributed by atoms with Crippen LogP contribution in [0.5, 0.6) is 5.75 Å². The van der Waals surface area contributed by atoms with Crippen LogP contribution < -0.4 is 26.0 Å². The second-order valence-corrected chi connectivity index (χ2v) is 12.7. The number of carbonyl (C=O) groups excluding carboxylic acids is 7. The van der Waals surface area contributed by atoms with Gasteiger partial charge in [-0.25, -0.2) is 0 Å². The summed E-state index contributed by atoms with van der Waals surface area (Å²) in [6, 6.07) is 17.3. The molecule has 0 spiro atoms. The van der Waals surface area contributed by atoms with Crippen molar-refractivity contribution >= 4 is 65.4 Å². The molecule has 266 valence electrons. The van der Waals surface area contributed by atoms with E-state index in [4.69, 9.17) is 4.74 Å². The molecule has 0 aromatic heterocycles. The molecule has 51 heavy (non-hydrogen) atoms. The quantitative estimate of drug-likeness (QED) is 0.0818. The smallest absolute Gasteiger partial charge is 0.266 e. The Morgan fingerprint density at radius 3 is 2.27 bits per heavy atom. The van der Waals surface area contributed by atoms with Gasteiger partial charge in [0, 0.05) is 35.5 Å². The summed E-state index contributed by atoms with van der Waals surface area (Å²) in [5, 5.41) is 10.6. The maximum absolute atomic E-state index is 13.2. The van der Waals surface area contributed by atoms with E-state index in [0.717, 1.165) is 43.4 Å². The van der Waals surface area contributed by atoms with Gasteiger partial charge in [-0.1, -0.05) is 43.9 Å². The highest BCUT2D eigenvalue weighted by Gasteiger charge is 2.46. The number of rotatable bonds is 16. The summed E-state index contributed by atoms with van der Waals surface area (Å²) in [5.41, 5.74) is 1.77. The van der Waals surface area contributed by atoms with Gasteiger partial charge in [-0.05, 0) is 67.8 Å². The minimum atomic E-state index is -1.09. The molecule has 5 rings (SSSR count). The van der Waals surface area contributed by atoms with Crippen LogP contribution in [0.25, 0.3) is 0 Å². The summed E-state index contributed by atoms with van der Waals surface area (Å²) in [6.07, 6.45) is 5.63. The fourth-order valence-electron chi connectivity index (χ4n) is 5.85. The standard InChI is InChI=1S/C37H39N5O8S/c43-30(39-24-17-15-23(16-18-24)34(46)40-26-11-6-7-13-29(26)51)14-5-3-1-2-4-8-21-38-32(45)22-50-28-12-9-10-25-33(28)37(49)42(36(25)48)27-19-20-31(44)41-35(27)47/h6-7,9-13,15-18,27,51H,1-5,8,14,19-22H2,(H,38,45)(H,39,43)(H,40,46)(H,41,44,47). The normalized spacial score (nSPS) is 15.2. The monoisotopic (exact) mass is 713 g/mol. The number of anilines is 2. The maximum Gasteiger partial charge on any atom is 0.266 e. The fourth-order valence-corrected chi connectivity index (χ4v) is 6.06. The molecule has 0 saturated carbocycles. The number of benzene rings is 3. The molecule has 2 aliphatic rings. The zero-order chi connectivity index (χ0) is 36.3. The number of imide groups is 2. The van der Waals surface area contributed by atoms with Crippen LogP contribution in [0, 0.1) is 0 Å². The summed E-state index contributed by atoms with van der Waals surface area (Å²) >= 11 is 4.34. The van der Waals surface area contributed by atoms with Crippen molar-refractivity contribution in [3.63, 3.8) is 0 Å². The summed E-state index contributed by atoms with van der Waals surface area (Å²) in [4.78, 5) is 88.7. The molecule has 14 heteroatoms. The van der Waals surface area contributed by atoms with E-state index in [9.17, 15) is 33.6 Å². The summed E-state index contributed by atoms with van der Waals surface area (Å²) < 4.78 is 5.61. The van der Waals surface area contributed by atoms with E-state index in [1.54, 1.807) is 36.4 Å². The highest BCUT2D eigenvalue weighted by Crippen LogP contribution is 2.33. The third-order valence-corrected chi connectivity index (χ3v) is 8.91. The first-order valence-corrected chi connectivity index (χ1v) is 17.3. The Kier molecular flexibility index (Phi) is 12.6. The molecular formula is C37H39N5O8S. The average molecular weight is 714 g/mol. The fraction of sp³-hybridized carbons (Fsp3) is 0.324. The second kappa shape index (κ2) is 17.4. The number of piperidine rings is 1.